The standard InChI is InChI=1S/C8H5ClF3N3/c9-7-14-4-5(8(10,11)12)6(15-7)2-1-3-13/h4H,3,13H2. The van der Waals surface area contributed by atoms with Crippen LogP contribution in [0.3, 0.4) is 0 Å². The largest absolute Gasteiger partial charge is 0.420 e. The fraction of sp³-hybridized carbons (Fsp3) is 0.250. The van der Waals surface area contributed by atoms with Crippen LogP contribution in [0.4, 0.5) is 13.2 Å². The summed E-state index contributed by atoms with van der Waals surface area (Å²) in [5.41, 5.74) is 3.56. The summed E-state index contributed by atoms with van der Waals surface area (Å²) in [6.07, 6.45) is -3.96. The van der Waals surface area contributed by atoms with Crippen LogP contribution in [0.2, 0.25) is 5.28 Å². The van der Waals surface area contributed by atoms with Crippen molar-refractivity contribution in [2.75, 3.05) is 6.54 Å². The molecular formula is C8H5ClF3N3. The van der Waals surface area contributed by atoms with E-state index in [9.17, 15) is 13.2 Å². The van der Waals surface area contributed by atoms with Gasteiger partial charge in [0, 0.05) is 6.20 Å². The highest BCUT2D eigenvalue weighted by Gasteiger charge is 2.34. The number of rotatable bonds is 0. The number of nitrogens with two attached hydrogens (primary N) is 1. The summed E-state index contributed by atoms with van der Waals surface area (Å²) in [6, 6.07) is 0. The van der Waals surface area contributed by atoms with Crippen molar-refractivity contribution < 1.29 is 13.2 Å². The molecular weight excluding hydrogens is 231 g/mol. The molecule has 0 amide bonds. The predicted octanol–water partition coefficient (Wildman–Crippen LogP) is 1.46. The fourth-order valence-electron chi connectivity index (χ4n) is 0.798. The molecule has 0 saturated carbocycles. The lowest BCUT2D eigenvalue weighted by atomic mass is 10.2. The van der Waals surface area contributed by atoms with Gasteiger partial charge in [-0.2, -0.15) is 13.2 Å². The Balaban J connectivity index is 3.27. The Morgan fingerprint density at radius 1 is 1.47 bits per heavy atom. The average Bonchev–Trinajstić information content (AvgIpc) is 2.12. The highest BCUT2D eigenvalue weighted by atomic mass is 35.5. The summed E-state index contributed by atoms with van der Waals surface area (Å²) in [5, 5.41) is -0.288. The molecule has 0 aliphatic rings. The highest BCUT2D eigenvalue weighted by molar-refractivity contribution is 6.28. The third-order valence-corrected chi connectivity index (χ3v) is 1.56. The monoisotopic (exact) mass is 235 g/mol. The van der Waals surface area contributed by atoms with Gasteiger partial charge in [0.05, 0.1) is 6.54 Å². The molecule has 0 aliphatic heterocycles. The molecule has 0 fully saturated rings. The molecule has 0 atom stereocenters. The van der Waals surface area contributed by atoms with Crippen molar-refractivity contribution in [3.63, 3.8) is 0 Å². The Bertz CT molecular complexity index is 419. The van der Waals surface area contributed by atoms with Crippen molar-refractivity contribution in [3.05, 3.63) is 22.7 Å². The van der Waals surface area contributed by atoms with Crippen molar-refractivity contribution in [1.82, 2.24) is 9.97 Å². The van der Waals surface area contributed by atoms with E-state index in [0.29, 0.717) is 6.20 Å². The van der Waals surface area contributed by atoms with Crippen LogP contribution < -0.4 is 5.73 Å². The third-order valence-electron chi connectivity index (χ3n) is 1.37. The molecule has 3 nitrogen and oxygen atoms in total. The first-order valence-corrected chi connectivity index (χ1v) is 4.11. The van der Waals surface area contributed by atoms with Crippen LogP contribution in [0.1, 0.15) is 11.3 Å². The van der Waals surface area contributed by atoms with Crippen LogP contribution in [0.25, 0.3) is 0 Å². The van der Waals surface area contributed by atoms with Gasteiger partial charge in [-0.3, -0.25) is 0 Å². The van der Waals surface area contributed by atoms with Gasteiger partial charge in [-0.1, -0.05) is 5.92 Å². The number of nitrogens with zero attached hydrogens (tertiary/aromatic N) is 2. The van der Waals surface area contributed by atoms with Gasteiger partial charge in [0.25, 0.3) is 0 Å². The van der Waals surface area contributed by atoms with Gasteiger partial charge < -0.3 is 5.73 Å². The molecule has 80 valence electrons. The molecule has 0 radical (unpaired) electrons. The van der Waals surface area contributed by atoms with E-state index in [1.165, 1.54) is 0 Å². The molecule has 0 bridgehead atoms. The van der Waals surface area contributed by atoms with E-state index in [1.807, 2.05) is 0 Å². The van der Waals surface area contributed by atoms with Crippen LogP contribution in [0, 0.1) is 11.8 Å². The fourth-order valence-corrected chi connectivity index (χ4v) is 0.931. The van der Waals surface area contributed by atoms with Gasteiger partial charge in [-0.05, 0) is 17.5 Å². The Hall–Kier alpha value is -1.32. The van der Waals surface area contributed by atoms with Gasteiger partial charge in [-0.15, -0.1) is 0 Å². The van der Waals surface area contributed by atoms with E-state index in [4.69, 9.17) is 17.3 Å². The third kappa shape index (κ3) is 3.08. The van der Waals surface area contributed by atoms with Crippen LogP contribution in [0.15, 0.2) is 6.20 Å². The van der Waals surface area contributed by atoms with E-state index in [0.717, 1.165) is 0 Å². The normalized spacial score (nSPS) is 10.7. The van der Waals surface area contributed by atoms with Crippen LogP contribution >= 0.6 is 11.6 Å². The minimum absolute atomic E-state index is 0.0566. The summed E-state index contributed by atoms with van der Waals surface area (Å²) >= 11 is 5.36. The van der Waals surface area contributed by atoms with Gasteiger partial charge in [0.15, 0.2) is 0 Å². The second kappa shape index (κ2) is 4.47. The first-order valence-electron chi connectivity index (χ1n) is 3.74. The van der Waals surface area contributed by atoms with Crippen LogP contribution in [-0.4, -0.2) is 16.5 Å². The zero-order valence-corrected chi connectivity index (χ0v) is 8.02. The molecule has 1 rings (SSSR count). The lowest BCUT2D eigenvalue weighted by Crippen LogP contribution is -2.10. The minimum atomic E-state index is -4.55. The number of hydrogen-bond acceptors (Lipinski definition) is 3. The Morgan fingerprint density at radius 3 is 2.67 bits per heavy atom. The molecule has 1 aromatic heterocycles. The maximum Gasteiger partial charge on any atom is 0.420 e. The second-order valence-corrected chi connectivity index (χ2v) is 2.74. The average molecular weight is 236 g/mol. The molecule has 1 heterocycles. The van der Waals surface area contributed by atoms with E-state index in [2.05, 4.69) is 21.8 Å². The molecule has 0 aliphatic carbocycles. The van der Waals surface area contributed by atoms with E-state index in [-0.39, 0.29) is 11.8 Å². The minimum Gasteiger partial charge on any atom is -0.320 e. The van der Waals surface area contributed by atoms with Gasteiger partial charge >= 0.3 is 6.18 Å². The number of halogens is 4. The molecule has 15 heavy (non-hydrogen) atoms. The quantitative estimate of drug-likeness (QED) is 0.547. The second-order valence-electron chi connectivity index (χ2n) is 2.40. The van der Waals surface area contributed by atoms with E-state index >= 15 is 0 Å². The van der Waals surface area contributed by atoms with Crippen molar-refractivity contribution in [1.29, 1.82) is 0 Å². The lowest BCUT2D eigenvalue weighted by molar-refractivity contribution is -0.138. The van der Waals surface area contributed by atoms with E-state index < -0.39 is 17.4 Å². The van der Waals surface area contributed by atoms with Crippen LogP contribution in [-0.2, 0) is 6.18 Å². The maximum atomic E-state index is 12.4. The highest BCUT2D eigenvalue weighted by Crippen LogP contribution is 2.30. The topological polar surface area (TPSA) is 51.8 Å². The molecule has 2 N–H and O–H groups in total. The Labute approximate surface area is 88.5 Å². The number of hydrogen-bond donors (Lipinski definition) is 1. The smallest absolute Gasteiger partial charge is 0.320 e. The summed E-state index contributed by atoms with van der Waals surface area (Å²) in [6.45, 7) is -0.0566. The van der Waals surface area contributed by atoms with Crippen LogP contribution in [0.5, 0.6) is 0 Å². The number of aromatic nitrogens is 2. The zero-order chi connectivity index (χ0) is 11.5. The zero-order valence-electron chi connectivity index (χ0n) is 7.27. The SMILES string of the molecule is NCC#Cc1nc(Cl)ncc1C(F)(F)F. The Morgan fingerprint density at radius 2 is 2.13 bits per heavy atom. The first kappa shape index (κ1) is 11.8. The summed E-state index contributed by atoms with van der Waals surface area (Å²) < 4.78 is 37.2. The maximum absolute atomic E-state index is 12.4. The predicted molar refractivity (Wildman–Crippen MR) is 48.0 cm³/mol. The van der Waals surface area contributed by atoms with Gasteiger partial charge in [-0.25, -0.2) is 9.97 Å². The number of alkyl halides is 3. The van der Waals surface area contributed by atoms with E-state index in [1.54, 1.807) is 0 Å². The van der Waals surface area contributed by atoms with Gasteiger partial charge in [0.1, 0.15) is 11.3 Å². The summed E-state index contributed by atoms with van der Waals surface area (Å²) in [4.78, 5) is 6.63. The molecule has 0 spiro atoms. The molecule has 7 heteroatoms. The molecule has 1 aromatic rings. The summed E-state index contributed by atoms with van der Waals surface area (Å²) in [5.74, 6) is 4.46. The molecule has 0 aromatic carbocycles. The van der Waals surface area contributed by atoms with Gasteiger partial charge in [0.2, 0.25) is 5.28 Å². The van der Waals surface area contributed by atoms with Crippen molar-refractivity contribution >= 4 is 11.6 Å². The van der Waals surface area contributed by atoms with Crippen molar-refractivity contribution in [2.45, 2.75) is 6.18 Å². The molecule has 0 saturated heterocycles. The first-order chi connectivity index (χ1) is 6.95. The van der Waals surface area contributed by atoms with Crippen molar-refractivity contribution in [2.24, 2.45) is 5.73 Å². The molecule has 0 unspecified atom stereocenters. The van der Waals surface area contributed by atoms with Crippen molar-refractivity contribution in [3.8, 4) is 11.8 Å². The lowest BCUT2D eigenvalue weighted by Gasteiger charge is -2.07. The Kier molecular flexibility index (Phi) is 3.50. The summed E-state index contributed by atoms with van der Waals surface area (Å²) in [7, 11) is 0.